The van der Waals surface area contributed by atoms with Crippen LogP contribution in [-0.4, -0.2) is 33.3 Å². The van der Waals surface area contributed by atoms with Crippen LogP contribution in [0.1, 0.15) is 16.7 Å². The molecule has 2 aromatic rings. The molecule has 1 amide bonds. The summed E-state index contributed by atoms with van der Waals surface area (Å²) in [4.78, 5) is 11.9. The molecule has 0 radical (unpaired) electrons. The summed E-state index contributed by atoms with van der Waals surface area (Å²) < 4.78 is 16.1. The van der Waals surface area contributed by atoms with E-state index in [1.165, 1.54) is 5.56 Å². The van der Waals surface area contributed by atoms with Crippen molar-refractivity contribution >= 4 is 5.91 Å². The Labute approximate surface area is 148 Å². The number of hydrogen-bond acceptors (Lipinski definition) is 4. The molecular weight excluding hydrogens is 318 g/mol. The Morgan fingerprint density at radius 2 is 1.68 bits per heavy atom. The third-order valence-electron chi connectivity index (χ3n) is 3.87. The van der Waals surface area contributed by atoms with E-state index in [-0.39, 0.29) is 12.5 Å². The highest BCUT2D eigenvalue weighted by atomic mass is 16.5. The van der Waals surface area contributed by atoms with Crippen LogP contribution in [-0.2, 0) is 11.2 Å². The molecule has 0 bridgehead atoms. The van der Waals surface area contributed by atoms with Crippen molar-refractivity contribution in [1.29, 1.82) is 0 Å². The number of methoxy groups -OCH3 is 2. The Hall–Kier alpha value is -2.69. The van der Waals surface area contributed by atoms with E-state index in [0.717, 1.165) is 16.9 Å². The molecule has 0 fully saturated rings. The number of aryl methyl sites for hydroxylation is 2. The van der Waals surface area contributed by atoms with Crippen LogP contribution < -0.4 is 19.5 Å². The summed E-state index contributed by atoms with van der Waals surface area (Å²) in [5, 5.41) is 2.86. The number of nitrogens with one attached hydrogen (secondary N) is 1. The number of benzene rings is 2. The van der Waals surface area contributed by atoms with Crippen molar-refractivity contribution < 1.29 is 19.0 Å². The van der Waals surface area contributed by atoms with Gasteiger partial charge in [-0.3, -0.25) is 4.79 Å². The Kier molecular flexibility index (Phi) is 6.69. The molecule has 0 unspecified atom stereocenters. The number of hydrogen-bond donors (Lipinski definition) is 1. The van der Waals surface area contributed by atoms with Crippen molar-refractivity contribution in [1.82, 2.24) is 5.32 Å². The highest BCUT2D eigenvalue weighted by Crippen LogP contribution is 2.27. The average molecular weight is 343 g/mol. The van der Waals surface area contributed by atoms with Crippen molar-refractivity contribution in [2.45, 2.75) is 20.3 Å². The third kappa shape index (κ3) is 5.41. The largest absolute Gasteiger partial charge is 0.493 e. The molecule has 1 N–H and O–H groups in total. The monoisotopic (exact) mass is 343 g/mol. The minimum absolute atomic E-state index is 0.00976. The maximum atomic E-state index is 11.9. The van der Waals surface area contributed by atoms with Crippen LogP contribution in [0.15, 0.2) is 36.4 Å². The van der Waals surface area contributed by atoms with E-state index < -0.39 is 0 Å². The number of carbonyl (C=O) groups is 1. The van der Waals surface area contributed by atoms with Crippen LogP contribution in [0.5, 0.6) is 17.2 Å². The molecule has 0 atom stereocenters. The van der Waals surface area contributed by atoms with Gasteiger partial charge in [-0.15, -0.1) is 0 Å². The highest BCUT2D eigenvalue weighted by Gasteiger charge is 2.07. The van der Waals surface area contributed by atoms with Crippen molar-refractivity contribution in [3.8, 4) is 17.2 Å². The SMILES string of the molecule is COc1ccc(CCNC(=O)COc2ccc(C)cc2C)cc1OC. The van der Waals surface area contributed by atoms with E-state index >= 15 is 0 Å². The van der Waals surface area contributed by atoms with Gasteiger partial charge in [-0.25, -0.2) is 0 Å². The van der Waals surface area contributed by atoms with Crippen molar-refractivity contribution in [3.63, 3.8) is 0 Å². The first kappa shape index (κ1) is 18.6. The molecule has 134 valence electrons. The van der Waals surface area contributed by atoms with Crippen LogP contribution in [0, 0.1) is 13.8 Å². The highest BCUT2D eigenvalue weighted by molar-refractivity contribution is 5.77. The number of ether oxygens (including phenoxy) is 3. The second-order valence-corrected chi connectivity index (χ2v) is 5.85. The summed E-state index contributed by atoms with van der Waals surface area (Å²) in [7, 11) is 3.21. The lowest BCUT2D eigenvalue weighted by molar-refractivity contribution is -0.123. The normalized spacial score (nSPS) is 10.2. The van der Waals surface area contributed by atoms with Gasteiger partial charge in [-0.2, -0.15) is 0 Å². The van der Waals surface area contributed by atoms with Gasteiger partial charge >= 0.3 is 0 Å². The topological polar surface area (TPSA) is 56.8 Å². The lowest BCUT2D eigenvalue weighted by Crippen LogP contribution is -2.30. The van der Waals surface area contributed by atoms with Gasteiger partial charge < -0.3 is 19.5 Å². The predicted molar refractivity (Wildman–Crippen MR) is 97.7 cm³/mol. The van der Waals surface area contributed by atoms with Crippen LogP contribution >= 0.6 is 0 Å². The average Bonchev–Trinajstić information content (AvgIpc) is 2.60. The molecule has 0 saturated heterocycles. The van der Waals surface area contributed by atoms with Crippen LogP contribution in [0.4, 0.5) is 0 Å². The number of rotatable bonds is 8. The molecule has 0 aliphatic carbocycles. The molecule has 0 saturated carbocycles. The van der Waals surface area contributed by atoms with Gasteiger partial charge in [0.2, 0.25) is 0 Å². The lowest BCUT2D eigenvalue weighted by atomic mass is 10.1. The van der Waals surface area contributed by atoms with Gasteiger partial charge in [-0.05, 0) is 49.6 Å². The fourth-order valence-electron chi connectivity index (χ4n) is 2.54. The van der Waals surface area contributed by atoms with Gasteiger partial charge in [0.25, 0.3) is 5.91 Å². The zero-order valence-corrected chi connectivity index (χ0v) is 15.2. The molecular formula is C20H25NO4. The summed E-state index contributed by atoms with van der Waals surface area (Å²) >= 11 is 0. The summed E-state index contributed by atoms with van der Waals surface area (Å²) in [5.41, 5.74) is 3.26. The third-order valence-corrected chi connectivity index (χ3v) is 3.87. The standard InChI is InChI=1S/C20H25NO4/c1-14-5-7-17(15(2)11-14)25-13-20(22)21-10-9-16-6-8-18(23-3)19(12-16)24-4/h5-8,11-12H,9-10,13H2,1-4H3,(H,21,22). The molecule has 2 aromatic carbocycles. The molecule has 5 heteroatoms. The fraction of sp³-hybridized carbons (Fsp3) is 0.350. The smallest absolute Gasteiger partial charge is 0.257 e. The van der Waals surface area contributed by atoms with E-state index in [1.807, 2.05) is 50.2 Å². The van der Waals surface area contributed by atoms with Crippen LogP contribution in [0.25, 0.3) is 0 Å². The molecule has 0 aliphatic rings. The van der Waals surface area contributed by atoms with Gasteiger partial charge in [0.1, 0.15) is 5.75 Å². The second kappa shape index (κ2) is 8.97. The summed E-state index contributed by atoms with van der Waals surface area (Å²) in [6.45, 7) is 4.54. The molecule has 5 nitrogen and oxygen atoms in total. The van der Waals surface area contributed by atoms with Crippen molar-refractivity contribution in [3.05, 3.63) is 53.1 Å². The van der Waals surface area contributed by atoms with E-state index in [1.54, 1.807) is 14.2 Å². The predicted octanol–water partition coefficient (Wildman–Crippen LogP) is 3.06. The Bertz CT molecular complexity index is 728. The molecule has 0 spiro atoms. The lowest BCUT2D eigenvalue weighted by Gasteiger charge is -2.11. The van der Waals surface area contributed by atoms with Crippen LogP contribution in [0.2, 0.25) is 0 Å². The zero-order chi connectivity index (χ0) is 18.2. The number of amides is 1. The first-order valence-electron chi connectivity index (χ1n) is 8.21. The molecule has 0 aliphatic heterocycles. The molecule has 0 aromatic heterocycles. The molecule has 25 heavy (non-hydrogen) atoms. The maximum absolute atomic E-state index is 11.9. The molecule has 2 rings (SSSR count). The van der Waals surface area contributed by atoms with Gasteiger partial charge in [0.15, 0.2) is 18.1 Å². The Morgan fingerprint density at radius 1 is 0.960 bits per heavy atom. The van der Waals surface area contributed by atoms with Gasteiger partial charge in [0, 0.05) is 6.54 Å². The van der Waals surface area contributed by atoms with Gasteiger partial charge in [0.05, 0.1) is 14.2 Å². The Balaban J connectivity index is 1.78. The number of carbonyl (C=O) groups excluding carboxylic acids is 1. The van der Waals surface area contributed by atoms with Crippen LogP contribution in [0.3, 0.4) is 0 Å². The van der Waals surface area contributed by atoms with E-state index in [0.29, 0.717) is 24.5 Å². The quantitative estimate of drug-likeness (QED) is 0.800. The van der Waals surface area contributed by atoms with Crippen molar-refractivity contribution in [2.75, 3.05) is 27.4 Å². The zero-order valence-electron chi connectivity index (χ0n) is 15.2. The first-order chi connectivity index (χ1) is 12.0. The maximum Gasteiger partial charge on any atom is 0.257 e. The summed E-state index contributed by atoms with van der Waals surface area (Å²) in [6, 6.07) is 11.6. The Morgan fingerprint density at radius 3 is 2.36 bits per heavy atom. The minimum atomic E-state index is -0.138. The van der Waals surface area contributed by atoms with E-state index in [2.05, 4.69) is 5.32 Å². The second-order valence-electron chi connectivity index (χ2n) is 5.85. The van der Waals surface area contributed by atoms with Gasteiger partial charge in [-0.1, -0.05) is 23.8 Å². The first-order valence-corrected chi connectivity index (χ1v) is 8.21. The fourth-order valence-corrected chi connectivity index (χ4v) is 2.54. The van der Waals surface area contributed by atoms with E-state index in [9.17, 15) is 4.79 Å². The summed E-state index contributed by atoms with van der Waals surface area (Å²) in [5.74, 6) is 1.97. The van der Waals surface area contributed by atoms with Crippen molar-refractivity contribution in [2.24, 2.45) is 0 Å². The summed E-state index contributed by atoms with van der Waals surface area (Å²) in [6.07, 6.45) is 0.704. The van der Waals surface area contributed by atoms with E-state index in [4.69, 9.17) is 14.2 Å². The molecule has 0 heterocycles. The minimum Gasteiger partial charge on any atom is -0.493 e.